The fraction of sp³-hybridized carbons (Fsp3) is 0.200. The number of anilines is 3. The van der Waals surface area contributed by atoms with Gasteiger partial charge in [-0.1, -0.05) is 35.9 Å². The second-order valence-corrected chi connectivity index (χ2v) is 6.07. The molecule has 0 atom stereocenters. The lowest BCUT2D eigenvalue weighted by Crippen LogP contribution is -2.12. The van der Waals surface area contributed by atoms with Crippen molar-refractivity contribution in [2.75, 3.05) is 18.2 Å². The van der Waals surface area contributed by atoms with E-state index < -0.39 is 5.97 Å². The summed E-state index contributed by atoms with van der Waals surface area (Å²) >= 11 is 0. The minimum Gasteiger partial charge on any atom is -0.496 e. The Kier molecular flexibility index (Phi) is 6.01. The van der Waals surface area contributed by atoms with Crippen LogP contribution in [0.1, 0.15) is 17.0 Å². The van der Waals surface area contributed by atoms with E-state index in [1.807, 2.05) is 49.4 Å². The average Bonchev–Trinajstić information content (AvgIpc) is 2.68. The molecule has 1 aromatic heterocycles. The molecule has 0 aliphatic carbocycles. The molecule has 0 fully saturated rings. The maximum Gasteiger partial charge on any atom is 0.310 e. The summed E-state index contributed by atoms with van der Waals surface area (Å²) < 4.78 is 10.5. The number of methoxy groups -OCH3 is 1. The topological polar surface area (TPSA) is 112 Å². The van der Waals surface area contributed by atoms with E-state index in [-0.39, 0.29) is 30.7 Å². The van der Waals surface area contributed by atoms with Crippen LogP contribution in [0.3, 0.4) is 0 Å². The lowest BCUT2D eigenvalue weighted by Gasteiger charge is -2.09. The third kappa shape index (κ3) is 5.16. The fourth-order valence-corrected chi connectivity index (χ4v) is 2.53. The fourth-order valence-electron chi connectivity index (χ4n) is 2.53. The van der Waals surface area contributed by atoms with Gasteiger partial charge in [-0.05, 0) is 25.1 Å². The molecule has 0 amide bonds. The second kappa shape index (κ2) is 8.81. The van der Waals surface area contributed by atoms with Crippen molar-refractivity contribution < 1.29 is 14.3 Å². The van der Waals surface area contributed by atoms with E-state index in [1.165, 1.54) is 0 Å². The molecule has 3 N–H and O–H groups in total. The molecule has 144 valence electrons. The molecule has 3 rings (SSSR count). The largest absolute Gasteiger partial charge is 0.496 e. The van der Waals surface area contributed by atoms with Gasteiger partial charge >= 0.3 is 5.97 Å². The molecule has 0 aliphatic heterocycles. The first-order valence-electron chi connectivity index (χ1n) is 8.65. The highest BCUT2D eigenvalue weighted by molar-refractivity contribution is 5.73. The Hall–Kier alpha value is -3.68. The molecular weight excluding hydrogens is 358 g/mol. The number of nitrogens with two attached hydrogens (primary N) is 1. The van der Waals surface area contributed by atoms with Gasteiger partial charge in [0.2, 0.25) is 11.9 Å². The molecule has 8 nitrogen and oxygen atoms in total. The van der Waals surface area contributed by atoms with E-state index >= 15 is 0 Å². The predicted octanol–water partition coefficient (Wildman–Crippen LogP) is 2.80. The molecule has 0 saturated heterocycles. The number of benzene rings is 2. The van der Waals surface area contributed by atoms with Crippen LogP contribution in [0.25, 0.3) is 0 Å². The van der Waals surface area contributed by atoms with Crippen LogP contribution < -0.4 is 15.8 Å². The summed E-state index contributed by atoms with van der Waals surface area (Å²) in [4.78, 5) is 24.5. The van der Waals surface area contributed by atoms with Gasteiger partial charge in [-0.15, -0.1) is 0 Å². The minimum atomic E-state index is -0.420. The van der Waals surface area contributed by atoms with Crippen molar-refractivity contribution in [3.8, 4) is 5.75 Å². The van der Waals surface area contributed by atoms with E-state index in [9.17, 15) is 4.79 Å². The van der Waals surface area contributed by atoms with E-state index in [0.717, 1.165) is 16.8 Å². The van der Waals surface area contributed by atoms with Crippen molar-refractivity contribution in [2.24, 2.45) is 0 Å². The molecule has 0 saturated carbocycles. The molecule has 8 heteroatoms. The Labute approximate surface area is 162 Å². The van der Waals surface area contributed by atoms with E-state index in [0.29, 0.717) is 5.75 Å². The van der Waals surface area contributed by atoms with Crippen LogP contribution in [0, 0.1) is 6.92 Å². The summed E-state index contributed by atoms with van der Waals surface area (Å²) in [7, 11) is 1.56. The highest BCUT2D eigenvalue weighted by Crippen LogP contribution is 2.18. The molecule has 2 aromatic carbocycles. The van der Waals surface area contributed by atoms with Gasteiger partial charge in [-0.25, -0.2) is 0 Å². The normalized spacial score (nSPS) is 10.4. The Morgan fingerprint density at radius 1 is 1.07 bits per heavy atom. The summed E-state index contributed by atoms with van der Waals surface area (Å²) in [5.74, 6) is 0.799. The van der Waals surface area contributed by atoms with Crippen molar-refractivity contribution in [2.45, 2.75) is 20.0 Å². The highest BCUT2D eigenvalue weighted by Gasteiger charge is 2.12. The van der Waals surface area contributed by atoms with Gasteiger partial charge in [0.1, 0.15) is 5.75 Å². The molecule has 0 spiro atoms. The Bertz CT molecular complexity index is 960. The van der Waals surface area contributed by atoms with Crippen LogP contribution in [0.15, 0.2) is 48.5 Å². The molecule has 28 heavy (non-hydrogen) atoms. The number of nitrogens with zero attached hydrogens (tertiary/aromatic N) is 3. The highest BCUT2D eigenvalue weighted by atomic mass is 16.5. The maximum atomic E-state index is 12.2. The number of ether oxygens (including phenoxy) is 2. The third-order valence-electron chi connectivity index (χ3n) is 3.90. The van der Waals surface area contributed by atoms with Crippen LogP contribution in [0.5, 0.6) is 5.75 Å². The molecule has 0 radical (unpaired) electrons. The zero-order chi connectivity index (χ0) is 19.9. The molecule has 0 bridgehead atoms. The second-order valence-electron chi connectivity index (χ2n) is 6.07. The zero-order valence-corrected chi connectivity index (χ0v) is 15.7. The van der Waals surface area contributed by atoms with Crippen molar-refractivity contribution in [1.29, 1.82) is 0 Å². The number of nitrogens with one attached hydrogen (secondary N) is 1. The third-order valence-corrected chi connectivity index (χ3v) is 3.90. The molecular formula is C20H21N5O3. The molecule has 0 unspecified atom stereocenters. The van der Waals surface area contributed by atoms with Gasteiger partial charge in [0.25, 0.3) is 0 Å². The number of para-hydroxylation sites is 1. The first kappa shape index (κ1) is 19.1. The quantitative estimate of drug-likeness (QED) is 0.603. The van der Waals surface area contributed by atoms with Gasteiger partial charge < -0.3 is 20.5 Å². The van der Waals surface area contributed by atoms with Gasteiger partial charge in [0, 0.05) is 11.3 Å². The number of aromatic nitrogens is 3. The smallest absolute Gasteiger partial charge is 0.310 e. The van der Waals surface area contributed by atoms with E-state index in [1.54, 1.807) is 13.2 Å². The summed E-state index contributed by atoms with van der Waals surface area (Å²) in [5, 5.41) is 3.06. The molecule has 0 aliphatic rings. The van der Waals surface area contributed by atoms with Gasteiger partial charge in [0.05, 0.1) is 13.5 Å². The number of hydrogen-bond acceptors (Lipinski definition) is 8. The number of aryl methyl sites for hydroxylation is 1. The maximum absolute atomic E-state index is 12.2. The number of carbonyl (C=O) groups excluding carboxylic acids is 1. The van der Waals surface area contributed by atoms with Crippen LogP contribution in [-0.4, -0.2) is 28.0 Å². The van der Waals surface area contributed by atoms with E-state index in [4.69, 9.17) is 15.2 Å². The predicted molar refractivity (Wildman–Crippen MR) is 105 cm³/mol. The minimum absolute atomic E-state index is 0.0420. The lowest BCUT2D eigenvalue weighted by molar-refractivity contribution is -0.144. The summed E-state index contributed by atoms with van der Waals surface area (Å²) in [5.41, 5.74) is 8.45. The Morgan fingerprint density at radius 2 is 1.82 bits per heavy atom. The summed E-state index contributed by atoms with van der Waals surface area (Å²) in [6.07, 6.45) is 0.0824. The number of esters is 1. The van der Waals surface area contributed by atoms with Crippen LogP contribution in [0.2, 0.25) is 0 Å². The van der Waals surface area contributed by atoms with Crippen molar-refractivity contribution in [3.63, 3.8) is 0 Å². The zero-order valence-electron chi connectivity index (χ0n) is 15.7. The van der Waals surface area contributed by atoms with Gasteiger partial charge in [-0.2, -0.15) is 15.0 Å². The first-order chi connectivity index (χ1) is 13.5. The van der Waals surface area contributed by atoms with Crippen molar-refractivity contribution >= 4 is 23.6 Å². The Morgan fingerprint density at radius 3 is 2.57 bits per heavy atom. The Balaban J connectivity index is 1.63. The van der Waals surface area contributed by atoms with Crippen LogP contribution in [-0.2, 0) is 22.6 Å². The molecule has 1 heterocycles. The van der Waals surface area contributed by atoms with Crippen molar-refractivity contribution in [1.82, 2.24) is 15.0 Å². The number of hydrogen-bond donors (Lipinski definition) is 2. The number of nitrogen functional groups attached to an aromatic ring is 1. The van der Waals surface area contributed by atoms with Gasteiger partial charge in [-0.3, -0.25) is 4.79 Å². The summed E-state index contributed by atoms with van der Waals surface area (Å²) in [6, 6.07) is 15.0. The van der Waals surface area contributed by atoms with Gasteiger partial charge in [0.15, 0.2) is 12.4 Å². The monoisotopic (exact) mass is 379 g/mol. The van der Waals surface area contributed by atoms with Crippen LogP contribution in [0.4, 0.5) is 17.6 Å². The first-order valence-corrected chi connectivity index (χ1v) is 8.65. The standard InChI is InChI=1S/C20H21N5O3/c1-13-7-9-15(10-8-13)22-20-24-17(23-19(21)25-20)12-28-18(26)11-14-5-3-4-6-16(14)27-2/h3-10H,11-12H2,1-2H3,(H3,21,22,23,24,25). The molecule has 3 aromatic rings. The average molecular weight is 379 g/mol. The van der Waals surface area contributed by atoms with Crippen molar-refractivity contribution in [3.05, 3.63) is 65.5 Å². The number of rotatable bonds is 7. The number of carbonyl (C=O) groups is 1. The van der Waals surface area contributed by atoms with E-state index in [2.05, 4.69) is 20.3 Å². The lowest BCUT2D eigenvalue weighted by atomic mass is 10.1. The summed E-state index contributed by atoms with van der Waals surface area (Å²) in [6.45, 7) is 1.89. The van der Waals surface area contributed by atoms with Crippen LogP contribution >= 0.6 is 0 Å². The SMILES string of the molecule is COc1ccccc1CC(=O)OCc1nc(N)nc(Nc2ccc(C)cc2)n1.